The van der Waals surface area contributed by atoms with E-state index in [1.54, 1.807) is 0 Å². The Bertz CT molecular complexity index is 836. The second kappa shape index (κ2) is 7.10. The molecule has 24 heavy (non-hydrogen) atoms. The van der Waals surface area contributed by atoms with Gasteiger partial charge in [-0.2, -0.15) is 0 Å². The van der Waals surface area contributed by atoms with Gasteiger partial charge in [0.2, 0.25) is 5.91 Å². The molecule has 1 aromatic heterocycles. The number of hydrogen-bond acceptors (Lipinski definition) is 1. The number of halogens is 1. The summed E-state index contributed by atoms with van der Waals surface area (Å²) in [5, 5.41) is 4.96. The summed E-state index contributed by atoms with van der Waals surface area (Å²) in [6.07, 6.45) is 2.28. The standard InChI is InChI=1S/C20H21ClN2O/c1-13(2)20(14-7-9-16(21)10-8-14)23-19(24)11-15-12-22-18-6-4-3-5-17(15)18/h3-10,12-13,20,22H,11H2,1-2H3,(H,23,24). The summed E-state index contributed by atoms with van der Waals surface area (Å²) in [5.74, 6) is 0.312. The van der Waals surface area contributed by atoms with Crippen LogP contribution in [0.1, 0.15) is 31.0 Å². The maximum atomic E-state index is 12.6. The van der Waals surface area contributed by atoms with Gasteiger partial charge < -0.3 is 10.3 Å². The highest BCUT2D eigenvalue weighted by molar-refractivity contribution is 6.30. The fourth-order valence-electron chi connectivity index (χ4n) is 2.98. The number of carbonyl (C=O) groups is 1. The summed E-state index contributed by atoms with van der Waals surface area (Å²) in [4.78, 5) is 15.8. The molecule has 0 aliphatic rings. The number of aromatic amines is 1. The molecule has 1 atom stereocenters. The van der Waals surface area contributed by atoms with Crippen molar-refractivity contribution < 1.29 is 4.79 Å². The molecule has 2 N–H and O–H groups in total. The van der Waals surface area contributed by atoms with Crippen LogP contribution in [-0.2, 0) is 11.2 Å². The number of carbonyl (C=O) groups excluding carboxylic acids is 1. The van der Waals surface area contributed by atoms with Crippen LogP contribution in [-0.4, -0.2) is 10.9 Å². The minimum absolute atomic E-state index is 0.0217. The molecule has 0 fully saturated rings. The Balaban J connectivity index is 1.75. The molecule has 0 aliphatic carbocycles. The van der Waals surface area contributed by atoms with Gasteiger partial charge in [-0.05, 0) is 35.2 Å². The number of H-pyrrole nitrogens is 1. The lowest BCUT2D eigenvalue weighted by atomic mass is 9.95. The van der Waals surface area contributed by atoms with Gasteiger partial charge in [-0.3, -0.25) is 4.79 Å². The first kappa shape index (κ1) is 16.6. The first-order valence-corrected chi connectivity index (χ1v) is 8.52. The molecule has 1 amide bonds. The molecule has 3 aromatic rings. The average Bonchev–Trinajstić information content (AvgIpc) is 2.96. The van der Waals surface area contributed by atoms with E-state index in [9.17, 15) is 4.79 Å². The van der Waals surface area contributed by atoms with Crippen LogP contribution in [0.2, 0.25) is 5.02 Å². The van der Waals surface area contributed by atoms with Crippen molar-refractivity contribution >= 4 is 28.4 Å². The topological polar surface area (TPSA) is 44.9 Å². The van der Waals surface area contributed by atoms with Crippen molar-refractivity contribution in [3.05, 3.63) is 70.9 Å². The Morgan fingerprint density at radius 1 is 1.12 bits per heavy atom. The van der Waals surface area contributed by atoms with Crippen LogP contribution < -0.4 is 5.32 Å². The molecule has 4 heteroatoms. The summed E-state index contributed by atoms with van der Waals surface area (Å²) in [5.41, 5.74) is 3.14. The lowest BCUT2D eigenvalue weighted by Gasteiger charge is -2.23. The van der Waals surface area contributed by atoms with Crippen molar-refractivity contribution in [1.82, 2.24) is 10.3 Å². The highest BCUT2D eigenvalue weighted by Crippen LogP contribution is 2.24. The van der Waals surface area contributed by atoms with E-state index in [4.69, 9.17) is 11.6 Å². The predicted molar refractivity (Wildman–Crippen MR) is 99.2 cm³/mol. The maximum Gasteiger partial charge on any atom is 0.224 e. The molecule has 2 aromatic carbocycles. The number of nitrogens with one attached hydrogen (secondary N) is 2. The van der Waals surface area contributed by atoms with Crippen LogP contribution in [0.4, 0.5) is 0 Å². The third kappa shape index (κ3) is 3.62. The van der Waals surface area contributed by atoms with Crippen LogP contribution >= 0.6 is 11.6 Å². The Kier molecular flexibility index (Phi) is 4.91. The predicted octanol–water partition coefficient (Wildman–Crippen LogP) is 4.88. The SMILES string of the molecule is CC(C)C(NC(=O)Cc1c[nH]c2ccccc12)c1ccc(Cl)cc1. The third-order valence-corrected chi connectivity index (χ3v) is 4.49. The van der Waals surface area contributed by atoms with Gasteiger partial charge in [-0.25, -0.2) is 0 Å². The Labute approximate surface area is 147 Å². The average molecular weight is 341 g/mol. The Hall–Kier alpha value is -2.26. The fourth-order valence-corrected chi connectivity index (χ4v) is 3.11. The Morgan fingerprint density at radius 3 is 2.54 bits per heavy atom. The molecule has 0 radical (unpaired) electrons. The van der Waals surface area contributed by atoms with E-state index in [2.05, 4.69) is 24.1 Å². The molecule has 0 saturated heterocycles. The summed E-state index contributed by atoms with van der Waals surface area (Å²) < 4.78 is 0. The zero-order valence-electron chi connectivity index (χ0n) is 13.8. The van der Waals surface area contributed by atoms with E-state index in [-0.39, 0.29) is 17.9 Å². The monoisotopic (exact) mass is 340 g/mol. The van der Waals surface area contributed by atoms with Gasteiger partial charge in [0.05, 0.1) is 12.5 Å². The molecule has 124 valence electrons. The highest BCUT2D eigenvalue weighted by atomic mass is 35.5. The third-order valence-electron chi connectivity index (χ3n) is 4.24. The van der Waals surface area contributed by atoms with E-state index in [0.717, 1.165) is 22.0 Å². The number of para-hydroxylation sites is 1. The smallest absolute Gasteiger partial charge is 0.224 e. The van der Waals surface area contributed by atoms with Crippen molar-refractivity contribution in [2.75, 3.05) is 0 Å². The molecular weight excluding hydrogens is 320 g/mol. The molecule has 3 nitrogen and oxygen atoms in total. The van der Waals surface area contributed by atoms with E-state index in [0.29, 0.717) is 11.4 Å². The first-order chi connectivity index (χ1) is 11.5. The van der Waals surface area contributed by atoms with Gasteiger partial charge in [0.25, 0.3) is 0 Å². The molecule has 0 spiro atoms. The molecule has 0 aliphatic heterocycles. The fraction of sp³-hybridized carbons (Fsp3) is 0.250. The van der Waals surface area contributed by atoms with Crippen LogP contribution in [0, 0.1) is 5.92 Å². The zero-order valence-corrected chi connectivity index (χ0v) is 14.6. The molecule has 0 bridgehead atoms. The van der Waals surface area contributed by atoms with Crippen molar-refractivity contribution in [2.24, 2.45) is 5.92 Å². The number of hydrogen-bond donors (Lipinski definition) is 2. The van der Waals surface area contributed by atoms with Crippen LogP contribution in [0.25, 0.3) is 10.9 Å². The number of aromatic nitrogens is 1. The van der Waals surface area contributed by atoms with Gasteiger partial charge in [0.15, 0.2) is 0 Å². The summed E-state index contributed by atoms with van der Waals surface area (Å²) in [7, 11) is 0. The summed E-state index contributed by atoms with van der Waals surface area (Å²) >= 11 is 5.96. The number of fused-ring (bicyclic) bond motifs is 1. The van der Waals surface area contributed by atoms with E-state index in [1.165, 1.54) is 0 Å². The van der Waals surface area contributed by atoms with Gasteiger partial charge in [-0.15, -0.1) is 0 Å². The second-order valence-electron chi connectivity index (χ2n) is 6.38. The minimum atomic E-state index is -0.0278. The van der Waals surface area contributed by atoms with Crippen LogP contribution in [0.15, 0.2) is 54.7 Å². The maximum absolute atomic E-state index is 12.6. The molecule has 1 heterocycles. The van der Waals surface area contributed by atoms with Gasteiger partial charge in [0.1, 0.15) is 0 Å². The number of amides is 1. The minimum Gasteiger partial charge on any atom is -0.361 e. The molecule has 1 unspecified atom stereocenters. The zero-order chi connectivity index (χ0) is 17.1. The van der Waals surface area contributed by atoms with Crippen LogP contribution in [0.5, 0.6) is 0 Å². The number of rotatable bonds is 5. The van der Waals surface area contributed by atoms with E-state index >= 15 is 0 Å². The van der Waals surface area contributed by atoms with E-state index in [1.807, 2.05) is 54.7 Å². The largest absolute Gasteiger partial charge is 0.361 e. The van der Waals surface area contributed by atoms with Gasteiger partial charge >= 0.3 is 0 Å². The van der Waals surface area contributed by atoms with E-state index < -0.39 is 0 Å². The first-order valence-electron chi connectivity index (χ1n) is 8.14. The van der Waals surface area contributed by atoms with Crippen molar-refractivity contribution in [3.8, 4) is 0 Å². The quantitative estimate of drug-likeness (QED) is 0.683. The van der Waals surface area contributed by atoms with Crippen LogP contribution in [0.3, 0.4) is 0 Å². The lowest BCUT2D eigenvalue weighted by Crippen LogP contribution is -2.32. The highest BCUT2D eigenvalue weighted by Gasteiger charge is 2.19. The van der Waals surface area contributed by atoms with Crippen molar-refractivity contribution in [3.63, 3.8) is 0 Å². The normalized spacial score (nSPS) is 12.5. The molecule has 0 saturated carbocycles. The van der Waals surface area contributed by atoms with Crippen molar-refractivity contribution in [1.29, 1.82) is 0 Å². The summed E-state index contributed by atoms with van der Waals surface area (Å²) in [6, 6.07) is 15.7. The van der Waals surface area contributed by atoms with Crippen molar-refractivity contribution in [2.45, 2.75) is 26.3 Å². The number of benzene rings is 2. The lowest BCUT2D eigenvalue weighted by molar-refractivity contribution is -0.121. The Morgan fingerprint density at radius 2 is 1.83 bits per heavy atom. The second-order valence-corrected chi connectivity index (χ2v) is 6.81. The molecular formula is C20H21ClN2O. The van der Waals surface area contributed by atoms with Gasteiger partial charge in [0, 0.05) is 22.1 Å². The molecule has 3 rings (SSSR count). The van der Waals surface area contributed by atoms with Gasteiger partial charge in [-0.1, -0.05) is 55.8 Å². The summed E-state index contributed by atoms with van der Waals surface area (Å²) in [6.45, 7) is 4.20.